The Morgan fingerprint density at radius 2 is 1.09 bits per heavy atom. The number of nitrogens with zero attached hydrogens (tertiary/aromatic N) is 7. The van der Waals surface area contributed by atoms with Crippen LogP contribution in [0.4, 0.5) is 0 Å². The number of nitriles is 1. The Balaban J connectivity index is 0.000000564. The Labute approximate surface area is 666 Å². The minimum Gasteiger partial charge on any atom is -0.493 e. The summed E-state index contributed by atoms with van der Waals surface area (Å²) < 4.78 is 27.7. The van der Waals surface area contributed by atoms with Crippen molar-refractivity contribution in [2.24, 2.45) is 35.5 Å². The van der Waals surface area contributed by atoms with Gasteiger partial charge in [0.1, 0.15) is 42.3 Å². The zero-order valence-electron chi connectivity index (χ0n) is 70.9. The van der Waals surface area contributed by atoms with Crippen LogP contribution in [0.5, 0.6) is 23.0 Å². The number of cyclic esters (lactones) is 1. The summed E-state index contributed by atoms with van der Waals surface area (Å²) in [4.78, 5) is 143. The molecule has 0 spiro atoms. The molecule has 4 aromatic carbocycles. The summed E-state index contributed by atoms with van der Waals surface area (Å²) in [7, 11) is 14.3. The first-order valence-corrected chi connectivity index (χ1v) is 39.6. The molecule has 0 aromatic heterocycles. The molecule has 1 unspecified atom stereocenters. The first-order chi connectivity index (χ1) is 52.8. The number of benzene rings is 4. The zero-order chi connectivity index (χ0) is 83.8. The lowest BCUT2D eigenvalue weighted by molar-refractivity contribution is -0.177. The topological polar surface area (TPSA) is 299 Å². The van der Waals surface area contributed by atoms with Gasteiger partial charge in [0, 0.05) is 60.0 Å². The minimum atomic E-state index is -1.97. The first-order valence-electron chi connectivity index (χ1n) is 39.6. The molecule has 12 atom stereocenters. The molecular weight excluding hydrogens is 1430 g/mol. The van der Waals surface area contributed by atoms with Crippen molar-refractivity contribution in [3.63, 3.8) is 0 Å². The molecular formula is C87H130N10O15. The van der Waals surface area contributed by atoms with Crippen LogP contribution in [0.25, 0.3) is 0 Å². The van der Waals surface area contributed by atoms with Gasteiger partial charge in [-0.2, -0.15) is 5.26 Å². The van der Waals surface area contributed by atoms with Crippen molar-refractivity contribution in [2.45, 2.75) is 227 Å². The summed E-state index contributed by atoms with van der Waals surface area (Å²) in [5.41, 5.74) is 1.05. The van der Waals surface area contributed by atoms with Gasteiger partial charge in [-0.05, 0) is 148 Å². The Hall–Kier alpha value is -9.28. The average molecular weight is 1560 g/mol. The number of rotatable bonds is 26. The fourth-order valence-electron chi connectivity index (χ4n) is 15.2. The van der Waals surface area contributed by atoms with Crippen molar-refractivity contribution in [3.05, 3.63) is 119 Å². The van der Waals surface area contributed by atoms with E-state index in [2.05, 4.69) is 53.9 Å². The summed E-state index contributed by atoms with van der Waals surface area (Å²) in [5.74, 6) is -5.66. The van der Waals surface area contributed by atoms with Gasteiger partial charge in [0.15, 0.2) is 35.1 Å². The molecule has 6 rings (SSSR count). The van der Waals surface area contributed by atoms with E-state index in [-0.39, 0.29) is 44.1 Å². The number of amides is 8. The van der Waals surface area contributed by atoms with E-state index in [9.17, 15) is 43.9 Å². The molecule has 2 aliphatic rings. The summed E-state index contributed by atoms with van der Waals surface area (Å²) in [5, 5.41) is 30.7. The molecule has 25 heteroatoms. The number of aliphatic hydroxyl groups is 1. The van der Waals surface area contributed by atoms with E-state index >= 15 is 9.59 Å². The maximum Gasteiger partial charge on any atom is 0.332 e. The highest BCUT2D eigenvalue weighted by molar-refractivity contribution is 5.99. The van der Waals surface area contributed by atoms with Crippen molar-refractivity contribution >= 4 is 53.2 Å². The number of fused-ring (bicyclic) bond motifs is 1. The summed E-state index contributed by atoms with van der Waals surface area (Å²) in [6.45, 7) is 26.7. The van der Waals surface area contributed by atoms with Crippen molar-refractivity contribution in [1.82, 2.24) is 45.3 Å². The fraction of sp³-hybridized carbons (Fsp3) is 0.609. The van der Waals surface area contributed by atoms with Gasteiger partial charge in [-0.15, -0.1) is 0 Å². The molecule has 0 bridgehead atoms. The fourth-order valence-corrected chi connectivity index (χ4v) is 15.2. The van der Waals surface area contributed by atoms with Crippen molar-refractivity contribution in [2.75, 3.05) is 83.3 Å². The molecule has 2 saturated heterocycles. The number of esters is 1. The van der Waals surface area contributed by atoms with Crippen LogP contribution in [0.1, 0.15) is 164 Å². The lowest BCUT2D eigenvalue weighted by atomic mass is 9.69. The smallest absolute Gasteiger partial charge is 0.332 e. The monoisotopic (exact) mass is 1550 g/mol. The highest BCUT2D eigenvalue weighted by atomic mass is 16.6. The Kier molecular flexibility index (Phi) is 35.9. The van der Waals surface area contributed by atoms with Crippen molar-refractivity contribution in [1.29, 1.82) is 5.26 Å². The predicted molar refractivity (Wildman–Crippen MR) is 433 cm³/mol. The lowest BCUT2D eigenvalue weighted by Crippen LogP contribution is -2.63. The van der Waals surface area contributed by atoms with Crippen LogP contribution in [0, 0.1) is 46.8 Å². The number of carbonyl (C=O) groups excluding carboxylic acids is 9. The molecule has 4 aromatic rings. The zero-order valence-corrected chi connectivity index (χ0v) is 70.9. The average Bonchev–Trinajstić information content (AvgIpc) is 1.70. The quantitative estimate of drug-likeness (QED) is 0.0425. The molecule has 2 heterocycles. The second-order valence-electron chi connectivity index (χ2n) is 32.3. The maximum atomic E-state index is 15.3. The number of carbonyl (C=O) groups is 9. The molecule has 0 saturated carbocycles. The Bertz CT molecular complexity index is 3810. The largest absolute Gasteiger partial charge is 0.493 e. The van der Waals surface area contributed by atoms with Crippen LogP contribution in [-0.2, 0) is 72.6 Å². The molecule has 2 aliphatic heterocycles. The van der Waals surface area contributed by atoms with Crippen LogP contribution >= 0.6 is 0 Å². The van der Waals surface area contributed by atoms with Gasteiger partial charge in [-0.3, -0.25) is 38.4 Å². The van der Waals surface area contributed by atoms with Gasteiger partial charge in [-0.25, -0.2) is 4.79 Å². The van der Waals surface area contributed by atoms with Gasteiger partial charge >= 0.3 is 5.97 Å². The first kappa shape index (κ1) is 93.3. The molecule has 8 amide bonds. The van der Waals surface area contributed by atoms with Gasteiger partial charge in [0.2, 0.25) is 41.4 Å². The van der Waals surface area contributed by atoms with E-state index in [0.29, 0.717) is 36.3 Å². The molecule has 4 N–H and O–H groups in total. The molecule has 0 radical (unpaired) electrons. The summed E-state index contributed by atoms with van der Waals surface area (Å²) in [6.07, 6.45) is 2.71. The van der Waals surface area contributed by atoms with E-state index in [1.165, 1.54) is 67.2 Å². The standard InChI is InChI=1S/C60H92N8O11.C27H38N2O4/c1-17-38(9)46-57(75)65(14)47(36(5)6)52(70)61-42(32-35(3)4)55(73)67(16)50(60(11,12)78)59(77)79-49(39(10)18-2)58(76)66(15)48(37(7)8)53(71)62-43(33-40-26-21-19-22-27-40)54(72)64(13)45(34-41-28-23-20-24-29-41)56(74)68-31-25-30-44(68)51(69)63-46;1-20(2)27(19-28,22-10-12-24(31-5)26(18-22)33-7)14-8-15-29(3)16-13-21-9-11-23(30-4)25(17-21)32-6/h19-24,26-29,35-39,42-50,78H,17-18,25,30-34H2,1-16H3,(H,61,70)(H,62,71)(H,63,69);9-12,17-18,20H,8,13-16H2,1-7H3/t38-,39+,42-,43-,44-,45-,46-,47-,48-,49+,50-;/m0./s1. The number of likely N-dealkylation sites (N-methyl/N-ethyl adjacent to an activating group) is 5. The number of methoxy groups -OCH3 is 4. The SMILES string of the molecule is CC[C@@H](C)[C@H]1OC(=O)[C@@H](C(C)(C)O)N(C)C(=O)[C@H](CC(C)C)NC(=O)[C@H](C(C)C)N(C)C(=O)[C@H]([C@@H](C)CC)NC(=O)[C@@H]2CCCN2C(=O)[C@H](Cc2ccccc2)N(C)C(=O)[C@H](Cc2ccccc2)NC(=O)[C@H](C(C)C)N(C)C1=O.COc1ccc(CCN(C)CCCC(C#N)(c2ccc(OC)c(OC)c2)C(C)C)cc1OC. The lowest BCUT2D eigenvalue weighted by Gasteiger charge is -2.39. The molecule has 25 nitrogen and oxygen atoms in total. The van der Waals surface area contributed by atoms with Gasteiger partial charge in [0.05, 0.1) is 45.5 Å². The summed E-state index contributed by atoms with van der Waals surface area (Å²) >= 11 is 0. The predicted octanol–water partition coefficient (Wildman–Crippen LogP) is 9.46. The van der Waals surface area contributed by atoms with E-state index in [1.807, 2.05) is 87.5 Å². The van der Waals surface area contributed by atoms with E-state index in [1.54, 1.807) is 101 Å². The molecule has 618 valence electrons. The van der Waals surface area contributed by atoms with Crippen LogP contribution < -0.4 is 34.9 Å². The van der Waals surface area contributed by atoms with Crippen LogP contribution in [0.15, 0.2) is 97.1 Å². The molecule has 112 heavy (non-hydrogen) atoms. The maximum absolute atomic E-state index is 15.3. The third-order valence-electron chi connectivity index (χ3n) is 22.2. The number of hydrogen-bond acceptors (Lipinski definition) is 17. The molecule has 0 aliphatic carbocycles. The van der Waals surface area contributed by atoms with Gasteiger partial charge in [0.25, 0.3) is 5.91 Å². The Morgan fingerprint density at radius 1 is 0.580 bits per heavy atom. The Morgan fingerprint density at radius 3 is 1.59 bits per heavy atom. The highest BCUT2D eigenvalue weighted by Crippen LogP contribution is 2.41. The number of nitrogens with one attached hydrogen (secondary N) is 3. The second kappa shape index (κ2) is 43.1. The van der Waals surface area contributed by atoms with Crippen molar-refractivity contribution in [3.8, 4) is 29.1 Å². The number of ether oxygens (including phenoxy) is 5. The van der Waals surface area contributed by atoms with Crippen LogP contribution in [0.3, 0.4) is 0 Å². The van der Waals surface area contributed by atoms with E-state index in [0.717, 1.165) is 59.9 Å². The normalized spacial score (nSPS) is 22.5. The van der Waals surface area contributed by atoms with Crippen LogP contribution in [0.2, 0.25) is 0 Å². The van der Waals surface area contributed by atoms with Crippen molar-refractivity contribution < 1.29 is 71.9 Å². The van der Waals surface area contributed by atoms with E-state index in [4.69, 9.17) is 23.7 Å². The summed E-state index contributed by atoms with van der Waals surface area (Å²) in [6, 6.07) is 22.6. The molecule has 2 fully saturated rings. The van der Waals surface area contributed by atoms with E-state index < -0.39 is 142 Å². The van der Waals surface area contributed by atoms with Gasteiger partial charge < -0.3 is 74.1 Å². The second-order valence-corrected chi connectivity index (χ2v) is 32.3. The number of hydrogen-bond donors (Lipinski definition) is 4. The third-order valence-corrected chi connectivity index (χ3v) is 22.2. The third kappa shape index (κ3) is 24.1. The minimum absolute atomic E-state index is 0.00676. The van der Waals surface area contributed by atoms with Gasteiger partial charge in [-0.1, -0.05) is 162 Å². The van der Waals surface area contributed by atoms with Crippen LogP contribution in [-0.4, -0.2) is 231 Å². The highest BCUT2D eigenvalue weighted by Gasteiger charge is 2.49.